The fourth-order valence-corrected chi connectivity index (χ4v) is 3.93. The van der Waals surface area contributed by atoms with E-state index in [-0.39, 0.29) is 0 Å². The molecule has 0 radical (unpaired) electrons. The highest BCUT2D eigenvalue weighted by Gasteiger charge is 2.35. The largest absolute Gasteiger partial charge is 0.493 e. The van der Waals surface area contributed by atoms with Crippen LogP contribution in [0.5, 0.6) is 17.2 Å². The van der Waals surface area contributed by atoms with Crippen LogP contribution in [-0.2, 0) is 24.0 Å². The monoisotopic (exact) mass is 504 g/mol. The second-order valence-electron chi connectivity index (χ2n) is 10.3. The van der Waals surface area contributed by atoms with Gasteiger partial charge in [0.05, 0.1) is 12.0 Å². The first-order valence-corrected chi connectivity index (χ1v) is 13.7. The molecule has 0 aromatic heterocycles. The number of rotatable bonds is 16. The Labute approximate surface area is 223 Å². The molecule has 3 aromatic rings. The Morgan fingerprint density at radius 3 is 1.11 bits per heavy atom. The van der Waals surface area contributed by atoms with Crippen molar-refractivity contribution in [1.29, 1.82) is 0 Å². The Morgan fingerprint density at radius 2 is 0.838 bits per heavy atom. The molecule has 3 rings (SSSR count). The first-order valence-electron chi connectivity index (χ1n) is 13.7. The average Bonchev–Trinajstić information content (AvgIpc) is 2.94. The van der Waals surface area contributed by atoms with Crippen molar-refractivity contribution < 1.29 is 18.9 Å². The summed E-state index contributed by atoms with van der Waals surface area (Å²) < 4.78 is 25.2. The van der Waals surface area contributed by atoms with Crippen LogP contribution in [0.2, 0.25) is 0 Å². The zero-order valence-electron chi connectivity index (χ0n) is 23.3. The van der Waals surface area contributed by atoms with E-state index in [4.69, 9.17) is 18.9 Å². The third kappa shape index (κ3) is 9.44. The third-order valence-electron chi connectivity index (χ3n) is 6.49. The normalized spacial score (nSPS) is 11.5. The first-order chi connectivity index (χ1) is 17.9. The summed E-state index contributed by atoms with van der Waals surface area (Å²) in [5, 5.41) is 0. The maximum absolute atomic E-state index is 6.34. The summed E-state index contributed by atoms with van der Waals surface area (Å²) in [5.41, 5.74) is 3.36. The van der Waals surface area contributed by atoms with E-state index in [0.29, 0.717) is 39.0 Å². The van der Waals surface area contributed by atoms with Gasteiger partial charge in [-0.2, -0.15) is 0 Å². The fourth-order valence-electron chi connectivity index (χ4n) is 3.93. The molecule has 0 aliphatic heterocycles. The van der Waals surface area contributed by atoms with Crippen LogP contribution >= 0.6 is 0 Å². The van der Waals surface area contributed by atoms with Crippen molar-refractivity contribution in [1.82, 2.24) is 0 Å². The van der Waals surface area contributed by atoms with Gasteiger partial charge in [0.2, 0.25) is 0 Å². The fraction of sp³-hybridized carbons (Fsp3) is 0.455. The summed E-state index contributed by atoms with van der Waals surface area (Å²) in [7, 11) is 0. The summed E-state index contributed by atoms with van der Waals surface area (Å²) in [4.78, 5) is 0. The molecule has 3 aromatic carbocycles. The SMILES string of the molecule is CCc1ccc(OCC(COCC(C)C)(COc2ccc(CC)cc2)COc2ccc(CC)cc2)cc1. The summed E-state index contributed by atoms with van der Waals surface area (Å²) >= 11 is 0. The zero-order valence-corrected chi connectivity index (χ0v) is 23.3. The highest BCUT2D eigenvalue weighted by Crippen LogP contribution is 2.26. The van der Waals surface area contributed by atoms with Crippen LogP contribution in [0, 0.1) is 11.3 Å². The Morgan fingerprint density at radius 1 is 0.514 bits per heavy atom. The molecule has 37 heavy (non-hydrogen) atoms. The minimum absolute atomic E-state index is 0.413. The molecule has 0 saturated heterocycles. The highest BCUT2D eigenvalue weighted by molar-refractivity contribution is 5.29. The van der Waals surface area contributed by atoms with Crippen LogP contribution in [0.1, 0.15) is 51.3 Å². The quantitative estimate of drug-likeness (QED) is 0.202. The van der Waals surface area contributed by atoms with E-state index in [9.17, 15) is 0 Å². The van der Waals surface area contributed by atoms with E-state index in [1.54, 1.807) is 0 Å². The summed E-state index contributed by atoms with van der Waals surface area (Å²) in [6.07, 6.45) is 3.01. The molecule has 0 aliphatic rings. The van der Waals surface area contributed by atoms with E-state index < -0.39 is 5.41 Å². The molecule has 0 fully saturated rings. The molecule has 4 heteroatoms. The van der Waals surface area contributed by atoms with Crippen LogP contribution in [0.15, 0.2) is 72.8 Å². The number of ether oxygens (including phenoxy) is 4. The second-order valence-corrected chi connectivity index (χ2v) is 10.3. The summed E-state index contributed by atoms with van der Waals surface area (Å²) in [5.74, 6) is 2.95. The van der Waals surface area contributed by atoms with Crippen LogP contribution in [0.25, 0.3) is 0 Å². The topological polar surface area (TPSA) is 36.9 Å². The van der Waals surface area contributed by atoms with Gasteiger partial charge in [-0.25, -0.2) is 0 Å². The van der Waals surface area contributed by atoms with Gasteiger partial charge < -0.3 is 18.9 Å². The van der Waals surface area contributed by atoms with Crippen LogP contribution in [0.4, 0.5) is 0 Å². The molecule has 4 nitrogen and oxygen atoms in total. The summed E-state index contributed by atoms with van der Waals surface area (Å²) in [6.45, 7) is 13.2. The summed E-state index contributed by atoms with van der Waals surface area (Å²) in [6, 6.07) is 24.9. The molecule has 0 spiro atoms. The van der Waals surface area contributed by atoms with Gasteiger partial charge in [0.15, 0.2) is 0 Å². The Balaban J connectivity index is 1.80. The van der Waals surface area contributed by atoms with Gasteiger partial charge >= 0.3 is 0 Å². The van der Waals surface area contributed by atoms with Crippen molar-refractivity contribution in [2.45, 2.75) is 53.9 Å². The van der Waals surface area contributed by atoms with Crippen LogP contribution in [-0.4, -0.2) is 33.0 Å². The molecule has 0 aliphatic carbocycles. The standard InChI is InChI=1S/C33H44O4/c1-6-27-9-15-30(16-10-27)35-23-33(22-34-21-26(4)5,24-36-31-17-11-28(7-2)12-18-31)25-37-32-19-13-29(8-3)14-20-32/h9-20,26H,6-8,21-25H2,1-5H3. The molecule has 0 amide bonds. The van der Waals surface area contributed by atoms with Gasteiger partial charge in [-0.05, 0) is 78.3 Å². The number of benzene rings is 3. The van der Waals surface area contributed by atoms with Gasteiger partial charge in [-0.3, -0.25) is 0 Å². The van der Waals surface area contributed by atoms with Crippen LogP contribution in [0.3, 0.4) is 0 Å². The lowest BCUT2D eigenvalue weighted by Gasteiger charge is -2.33. The minimum atomic E-state index is -0.509. The molecular formula is C33H44O4. The molecule has 0 saturated carbocycles. The molecule has 0 heterocycles. The maximum Gasteiger partial charge on any atom is 0.119 e. The Hall–Kier alpha value is -2.98. The predicted molar refractivity (Wildman–Crippen MR) is 152 cm³/mol. The number of hydrogen-bond donors (Lipinski definition) is 0. The van der Waals surface area contributed by atoms with Gasteiger partial charge in [-0.1, -0.05) is 71.0 Å². The first kappa shape index (κ1) is 28.6. The molecule has 0 bridgehead atoms. The van der Waals surface area contributed by atoms with Crippen molar-refractivity contribution in [3.63, 3.8) is 0 Å². The molecule has 200 valence electrons. The molecule has 0 atom stereocenters. The highest BCUT2D eigenvalue weighted by atomic mass is 16.5. The smallest absolute Gasteiger partial charge is 0.119 e. The van der Waals surface area contributed by atoms with Gasteiger partial charge in [0.25, 0.3) is 0 Å². The number of aryl methyl sites for hydroxylation is 3. The lowest BCUT2D eigenvalue weighted by Crippen LogP contribution is -2.44. The third-order valence-corrected chi connectivity index (χ3v) is 6.49. The lowest BCUT2D eigenvalue weighted by molar-refractivity contribution is -0.0456. The van der Waals surface area contributed by atoms with E-state index >= 15 is 0 Å². The van der Waals surface area contributed by atoms with Crippen molar-refractivity contribution in [2.75, 3.05) is 33.0 Å². The minimum Gasteiger partial charge on any atom is -0.493 e. The number of hydrogen-bond acceptors (Lipinski definition) is 4. The van der Waals surface area contributed by atoms with Crippen molar-refractivity contribution >= 4 is 0 Å². The molecule has 0 N–H and O–H groups in total. The van der Waals surface area contributed by atoms with E-state index in [2.05, 4.69) is 71.0 Å². The van der Waals surface area contributed by atoms with E-state index in [0.717, 1.165) is 36.5 Å². The zero-order chi connectivity index (χ0) is 26.5. The van der Waals surface area contributed by atoms with Gasteiger partial charge in [0.1, 0.15) is 37.1 Å². The van der Waals surface area contributed by atoms with Crippen molar-refractivity contribution in [3.05, 3.63) is 89.5 Å². The van der Waals surface area contributed by atoms with Gasteiger partial charge in [-0.15, -0.1) is 0 Å². The van der Waals surface area contributed by atoms with E-state index in [1.165, 1.54) is 16.7 Å². The predicted octanol–water partition coefficient (Wildman–Crippen LogP) is 7.57. The maximum atomic E-state index is 6.34. The van der Waals surface area contributed by atoms with E-state index in [1.807, 2.05) is 36.4 Å². The average molecular weight is 505 g/mol. The van der Waals surface area contributed by atoms with Crippen molar-refractivity contribution in [3.8, 4) is 17.2 Å². The van der Waals surface area contributed by atoms with Gasteiger partial charge in [0, 0.05) is 6.61 Å². The second kappa shape index (κ2) is 14.7. The van der Waals surface area contributed by atoms with Crippen LogP contribution < -0.4 is 14.2 Å². The Kier molecular flexibility index (Phi) is 11.3. The van der Waals surface area contributed by atoms with Crippen molar-refractivity contribution in [2.24, 2.45) is 11.3 Å². The molecular weight excluding hydrogens is 460 g/mol. The lowest BCUT2D eigenvalue weighted by atomic mass is 9.92. The Bertz CT molecular complexity index is 898. The molecule has 0 unspecified atom stereocenters.